The van der Waals surface area contributed by atoms with Gasteiger partial charge < -0.3 is 0 Å². The molecule has 1 aliphatic rings. The predicted molar refractivity (Wildman–Crippen MR) is 89.8 cm³/mol. The summed E-state index contributed by atoms with van der Waals surface area (Å²) in [4.78, 5) is 2.13. The molecule has 1 aromatic carbocycles. The molecule has 2 heterocycles. The van der Waals surface area contributed by atoms with Crippen molar-refractivity contribution in [2.45, 2.75) is 10.8 Å². The van der Waals surface area contributed by atoms with Crippen molar-refractivity contribution in [2.24, 2.45) is 0 Å². The molecule has 0 saturated carbocycles. The molecule has 0 aliphatic carbocycles. The minimum absolute atomic E-state index is 0.252. The highest BCUT2D eigenvalue weighted by Gasteiger charge is 2.29. The highest BCUT2D eigenvalue weighted by molar-refractivity contribution is 7.91. The number of hydrogen-bond donors (Lipinski definition) is 0. The Morgan fingerprint density at radius 2 is 1.87 bits per heavy atom. The van der Waals surface area contributed by atoms with E-state index in [4.69, 9.17) is 11.6 Å². The molecule has 1 aromatic heterocycles. The molecule has 8 heteroatoms. The number of thiophene rings is 1. The van der Waals surface area contributed by atoms with Gasteiger partial charge in [0.15, 0.2) is 0 Å². The van der Waals surface area contributed by atoms with Gasteiger partial charge in [-0.1, -0.05) is 23.7 Å². The molecule has 0 atom stereocenters. The molecular weight excluding hydrogens is 359 g/mol. The summed E-state index contributed by atoms with van der Waals surface area (Å²) in [5.74, 6) is -0.252. The first-order valence-corrected chi connectivity index (χ1v) is 9.81. The van der Waals surface area contributed by atoms with Crippen LogP contribution in [0.25, 0.3) is 0 Å². The van der Waals surface area contributed by atoms with Crippen LogP contribution in [0.1, 0.15) is 5.56 Å². The summed E-state index contributed by atoms with van der Waals surface area (Å²) in [7, 11) is -3.46. The number of sulfonamides is 1. The maximum atomic E-state index is 13.2. The molecule has 3 rings (SSSR count). The van der Waals surface area contributed by atoms with E-state index in [0.29, 0.717) is 37.1 Å². The average molecular weight is 375 g/mol. The monoisotopic (exact) mass is 374 g/mol. The van der Waals surface area contributed by atoms with E-state index < -0.39 is 10.0 Å². The molecule has 124 valence electrons. The number of hydrogen-bond acceptors (Lipinski definition) is 4. The SMILES string of the molecule is O=S(=O)(c1ccc(Cl)s1)N1CCN(Cc2cccc(F)c2)CC1. The minimum Gasteiger partial charge on any atom is -0.296 e. The summed E-state index contributed by atoms with van der Waals surface area (Å²) in [5, 5.41) is 0. The summed E-state index contributed by atoms with van der Waals surface area (Å²) in [6, 6.07) is 9.63. The maximum Gasteiger partial charge on any atom is 0.252 e. The van der Waals surface area contributed by atoms with E-state index in [1.165, 1.54) is 16.4 Å². The van der Waals surface area contributed by atoms with Gasteiger partial charge in [-0.05, 0) is 29.8 Å². The van der Waals surface area contributed by atoms with Gasteiger partial charge in [0.2, 0.25) is 0 Å². The lowest BCUT2D eigenvalue weighted by molar-refractivity contribution is 0.181. The normalized spacial score (nSPS) is 17.5. The first-order chi connectivity index (χ1) is 10.9. The summed E-state index contributed by atoms with van der Waals surface area (Å²) in [5.41, 5.74) is 0.895. The van der Waals surface area contributed by atoms with Gasteiger partial charge >= 0.3 is 0 Å². The van der Waals surface area contributed by atoms with Crippen LogP contribution in [0.3, 0.4) is 0 Å². The van der Waals surface area contributed by atoms with Crippen molar-refractivity contribution in [2.75, 3.05) is 26.2 Å². The first-order valence-electron chi connectivity index (χ1n) is 7.17. The van der Waals surface area contributed by atoms with Crippen LogP contribution in [0.5, 0.6) is 0 Å². The van der Waals surface area contributed by atoms with Gasteiger partial charge in [0.1, 0.15) is 10.0 Å². The van der Waals surface area contributed by atoms with Crippen LogP contribution in [0.4, 0.5) is 4.39 Å². The second-order valence-corrected chi connectivity index (χ2v) is 9.25. The number of benzene rings is 1. The Bertz CT molecular complexity index is 786. The molecule has 0 N–H and O–H groups in total. The Morgan fingerprint density at radius 1 is 1.13 bits per heavy atom. The van der Waals surface area contributed by atoms with Gasteiger partial charge in [-0.2, -0.15) is 4.31 Å². The fourth-order valence-corrected chi connectivity index (χ4v) is 5.64. The zero-order valence-corrected chi connectivity index (χ0v) is 14.7. The van der Waals surface area contributed by atoms with Gasteiger partial charge in [0, 0.05) is 32.7 Å². The van der Waals surface area contributed by atoms with Crippen LogP contribution >= 0.6 is 22.9 Å². The Hall–Kier alpha value is -0.990. The van der Waals surface area contributed by atoms with Crippen LogP contribution in [0.15, 0.2) is 40.6 Å². The van der Waals surface area contributed by atoms with E-state index in [-0.39, 0.29) is 10.0 Å². The smallest absolute Gasteiger partial charge is 0.252 e. The lowest BCUT2D eigenvalue weighted by Crippen LogP contribution is -2.48. The van der Waals surface area contributed by atoms with Gasteiger partial charge in [0.05, 0.1) is 4.34 Å². The molecule has 2 aromatic rings. The van der Waals surface area contributed by atoms with E-state index in [1.54, 1.807) is 18.2 Å². The standard InChI is InChI=1S/C15H16ClFN2O2S2/c16-14-4-5-15(22-14)23(20,21)19-8-6-18(7-9-19)11-12-2-1-3-13(17)10-12/h1-5,10H,6-9,11H2. The molecule has 0 bridgehead atoms. The van der Waals surface area contributed by atoms with Crippen LogP contribution < -0.4 is 0 Å². The third-order valence-electron chi connectivity index (χ3n) is 3.77. The maximum absolute atomic E-state index is 13.2. The van der Waals surface area contributed by atoms with Crippen molar-refractivity contribution in [3.8, 4) is 0 Å². The Kier molecular flexibility index (Phi) is 5.03. The molecule has 0 unspecified atom stereocenters. The molecular formula is C15H16ClFN2O2S2. The fraction of sp³-hybridized carbons (Fsp3) is 0.333. The highest BCUT2D eigenvalue weighted by Crippen LogP contribution is 2.28. The van der Waals surface area contributed by atoms with Crippen LogP contribution in [-0.4, -0.2) is 43.8 Å². The molecule has 1 aliphatic heterocycles. The molecule has 4 nitrogen and oxygen atoms in total. The van der Waals surface area contributed by atoms with Crippen molar-refractivity contribution in [3.05, 3.63) is 52.1 Å². The van der Waals surface area contributed by atoms with Crippen LogP contribution in [-0.2, 0) is 16.6 Å². The lowest BCUT2D eigenvalue weighted by atomic mass is 10.2. The van der Waals surface area contributed by atoms with E-state index >= 15 is 0 Å². The van der Waals surface area contributed by atoms with Crippen molar-refractivity contribution in [1.29, 1.82) is 0 Å². The van der Waals surface area contributed by atoms with Crippen molar-refractivity contribution < 1.29 is 12.8 Å². The van der Waals surface area contributed by atoms with Crippen molar-refractivity contribution in [1.82, 2.24) is 9.21 Å². The third-order valence-corrected chi connectivity index (χ3v) is 7.37. The Balaban J connectivity index is 1.62. The molecule has 0 radical (unpaired) electrons. The lowest BCUT2D eigenvalue weighted by Gasteiger charge is -2.33. The second kappa shape index (κ2) is 6.86. The van der Waals surface area contributed by atoms with Gasteiger partial charge in [-0.3, -0.25) is 4.90 Å². The number of piperazine rings is 1. The summed E-state index contributed by atoms with van der Waals surface area (Å²) in [6.07, 6.45) is 0. The average Bonchev–Trinajstić information content (AvgIpc) is 2.95. The quantitative estimate of drug-likeness (QED) is 0.825. The van der Waals surface area contributed by atoms with E-state index in [0.717, 1.165) is 16.9 Å². The second-order valence-electron chi connectivity index (χ2n) is 5.37. The Labute approximate surface area is 144 Å². The van der Waals surface area contributed by atoms with E-state index in [2.05, 4.69) is 4.90 Å². The predicted octanol–water partition coefficient (Wildman–Crippen LogP) is 3.05. The van der Waals surface area contributed by atoms with Crippen molar-refractivity contribution >= 4 is 33.0 Å². The Morgan fingerprint density at radius 3 is 2.48 bits per heavy atom. The summed E-state index contributed by atoms with van der Waals surface area (Å²) >= 11 is 6.90. The van der Waals surface area contributed by atoms with Crippen molar-refractivity contribution in [3.63, 3.8) is 0 Å². The van der Waals surface area contributed by atoms with E-state index in [1.807, 2.05) is 6.07 Å². The summed E-state index contributed by atoms with van der Waals surface area (Å²) in [6.45, 7) is 2.71. The summed E-state index contributed by atoms with van der Waals surface area (Å²) < 4.78 is 40.5. The largest absolute Gasteiger partial charge is 0.296 e. The van der Waals surface area contributed by atoms with Gasteiger partial charge in [0.25, 0.3) is 10.0 Å². The number of halogens is 2. The zero-order valence-electron chi connectivity index (χ0n) is 12.3. The van der Waals surface area contributed by atoms with Gasteiger partial charge in [-0.15, -0.1) is 11.3 Å². The molecule has 1 fully saturated rings. The van der Waals surface area contributed by atoms with Crippen LogP contribution in [0.2, 0.25) is 4.34 Å². The third kappa shape index (κ3) is 3.92. The highest BCUT2D eigenvalue weighted by atomic mass is 35.5. The fourth-order valence-electron chi connectivity index (χ4n) is 2.59. The number of nitrogens with zero attached hydrogens (tertiary/aromatic N) is 2. The molecule has 0 amide bonds. The zero-order chi connectivity index (χ0) is 16.4. The topological polar surface area (TPSA) is 40.6 Å². The first kappa shape index (κ1) is 16.9. The molecule has 1 saturated heterocycles. The number of rotatable bonds is 4. The van der Waals surface area contributed by atoms with Crippen LogP contribution in [0, 0.1) is 5.82 Å². The van der Waals surface area contributed by atoms with Gasteiger partial charge in [-0.25, -0.2) is 12.8 Å². The molecule has 0 spiro atoms. The van der Waals surface area contributed by atoms with E-state index in [9.17, 15) is 12.8 Å². The minimum atomic E-state index is -3.46. The molecule has 23 heavy (non-hydrogen) atoms.